The van der Waals surface area contributed by atoms with Crippen molar-refractivity contribution in [3.05, 3.63) is 118 Å². The minimum atomic E-state index is -4.08. The number of aryl methyl sites for hydroxylation is 1. The first-order chi connectivity index (χ1) is 18.7. The maximum atomic E-state index is 13.4. The zero-order valence-electron chi connectivity index (χ0n) is 22.4. The molecule has 0 saturated heterocycles. The van der Waals surface area contributed by atoms with Crippen LogP contribution in [-0.4, -0.2) is 30.8 Å². The number of hydrogen-bond acceptors (Lipinski definition) is 6. The van der Waals surface area contributed by atoms with E-state index in [-0.39, 0.29) is 16.4 Å². The van der Waals surface area contributed by atoms with Crippen LogP contribution < -0.4 is 9.62 Å². The van der Waals surface area contributed by atoms with Crippen molar-refractivity contribution in [3.8, 4) is 0 Å². The molecule has 3 aromatic carbocycles. The summed E-state index contributed by atoms with van der Waals surface area (Å²) < 4.78 is 28.3. The number of sulfonamides is 1. The van der Waals surface area contributed by atoms with E-state index in [0.717, 1.165) is 29.7 Å². The van der Waals surface area contributed by atoms with E-state index in [2.05, 4.69) is 26.7 Å². The van der Waals surface area contributed by atoms with Crippen LogP contribution in [0.25, 0.3) is 0 Å². The minimum Gasteiger partial charge on any atom is -0.336 e. The molecular weight excluding hydrogens is 508 g/mol. The highest BCUT2D eigenvalue weighted by atomic mass is 32.2. The summed E-state index contributed by atoms with van der Waals surface area (Å²) in [5.41, 5.74) is 6.25. The first kappa shape index (κ1) is 26.6. The molecule has 2 heterocycles. The Morgan fingerprint density at radius 3 is 2.46 bits per heavy atom. The van der Waals surface area contributed by atoms with Gasteiger partial charge in [0.2, 0.25) is 5.95 Å². The van der Waals surface area contributed by atoms with Gasteiger partial charge in [-0.1, -0.05) is 80.1 Å². The summed E-state index contributed by atoms with van der Waals surface area (Å²) in [7, 11) is -4.08. The van der Waals surface area contributed by atoms with Crippen molar-refractivity contribution in [1.29, 1.82) is 0 Å². The number of rotatable bonds is 7. The lowest BCUT2D eigenvalue weighted by molar-refractivity contribution is 0.0980. The maximum absolute atomic E-state index is 13.4. The van der Waals surface area contributed by atoms with Crippen LogP contribution in [-0.2, 0) is 29.4 Å². The van der Waals surface area contributed by atoms with Crippen molar-refractivity contribution in [2.45, 2.75) is 51.0 Å². The SMILES string of the molecule is Cc1cccc(Cc2nc(N3CCc4ccccc4C3)ncc2C(=O)NS(=O)(=O)c2ccc(C(C)C)cc2)c1. The van der Waals surface area contributed by atoms with E-state index >= 15 is 0 Å². The second-order valence-corrected chi connectivity index (χ2v) is 12.0. The number of fused-ring (bicyclic) bond motifs is 1. The lowest BCUT2D eigenvalue weighted by Gasteiger charge is -2.29. The topological polar surface area (TPSA) is 92.3 Å². The molecule has 5 rings (SSSR count). The fourth-order valence-electron chi connectivity index (χ4n) is 4.83. The second kappa shape index (κ2) is 11.0. The van der Waals surface area contributed by atoms with E-state index in [1.807, 2.05) is 57.2 Å². The van der Waals surface area contributed by atoms with Gasteiger partial charge in [0, 0.05) is 25.7 Å². The highest BCUT2D eigenvalue weighted by molar-refractivity contribution is 7.90. The highest BCUT2D eigenvalue weighted by Gasteiger charge is 2.25. The summed E-state index contributed by atoms with van der Waals surface area (Å²) in [5.74, 6) is 0.0431. The lowest BCUT2D eigenvalue weighted by atomic mass is 10.0. The third kappa shape index (κ3) is 6.01. The largest absolute Gasteiger partial charge is 0.336 e. The van der Waals surface area contributed by atoms with Crippen molar-refractivity contribution in [2.24, 2.45) is 0 Å². The van der Waals surface area contributed by atoms with Crippen LogP contribution in [0.3, 0.4) is 0 Å². The first-order valence-corrected chi connectivity index (χ1v) is 14.6. The molecule has 1 N–H and O–H groups in total. The standard InChI is InChI=1S/C31H32N4O3S/c1-21(2)24-11-13-27(14-12-24)39(37,38)34-30(36)28-19-32-31(33-29(28)18-23-8-6-7-22(3)17-23)35-16-15-25-9-4-5-10-26(25)20-35/h4-14,17,19,21H,15-16,18,20H2,1-3H3,(H,34,36). The Bertz CT molecular complexity index is 1620. The van der Waals surface area contributed by atoms with Crippen LogP contribution in [0, 0.1) is 6.92 Å². The Morgan fingerprint density at radius 2 is 1.74 bits per heavy atom. The van der Waals surface area contributed by atoms with Gasteiger partial charge in [-0.05, 0) is 53.6 Å². The third-order valence-electron chi connectivity index (χ3n) is 7.05. The Balaban J connectivity index is 1.45. The molecule has 0 unspecified atom stereocenters. The molecule has 0 fully saturated rings. The van der Waals surface area contributed by atoms with Crippen LogP contribution in [0.5, 0.6) is 0 Å². The number of nitrogens with zero attached hydrogens (tertiary/aromatic N) is 3. The Hall–Kier alpha value is -4.04. The normalized spacial score (nSPS) is 13.3. The van der Waals surface area contributed by atoms with Crippen molar-refractivity contribution >= 4 is 21.9 Å². The van der Waals surface area contributed by atoms with Gasteiger partial charge in [0.05, 0.1) is 16.2 Å². The molecule has 1 aliphatic rings. The van der Waals surface area contributed by atoms with Crippen molar-refractivity contribution < 1.29 is 13.2 Å². The molecule has 39 heavy (non-hydrogen) atoms. The van der Waals surface area contributed by atoms with Crippen molar-refractivity contribution in [3.63, 3.8) is 0 Å². The van der Waals surface area contributed by atoms with Crippen LogP contribution >= 0.6 is 0 Å². The maximum Gasteiger partial charge on any atom is 0.268 e. The zero-order valence-corrected chi connectivity index (χ0v) is 23.2. The molecule has 1 amide bonds. The van der Waals surface area contributed by atoms with Crippen molar-refractivity contribution in [1.82, 2.24) is 14.7 Å². The number of carbonyl (C=O) groups is 1. The number of nitrogens with one attached hydrogen (secondary N) is 1. The summed E-state index contributed by atoms with van der Waals surface area (Å²) in [6.45, 7) is 7.51. The molecule has 0 aliphatic carbocycles. The monoisotopic (exact) mass is 540 g/mol. The molecule has 1 aromatic heterocycles. The Labute approximate surface area is 230 Å². The quantitative estimate of drug-likeness (QED) is 0.347. The number of anilines is 1. The fourth-order valence-corrected chi connectivity index (χ4v) is 5.80. The average molecular weight is 541 g/mol. The Morgan fingerprint density at radius 1 is 1.00 bits per heavy atom. The molecule has 0 radical (unpaired) electrons. The molecule has 200 valence electrons. The van der Waals surface area contributed by atoms with Gasteiger partial charge < -0.3 is 4.90 Å². The molecule has 8 heteroatoms. The summed E-state index contributed by atoms with van der Waals surface area (Å²) in [4.78, 5) is 24.8. The number of hydrogen-bond donors (Lipinski definition) is 1. The summed E-state index contributed by atoms with van der Waals surface area (Å²) >= 11 is 0. The van der Waals surface area contributed by atoms with E-state index in [1.54, 1.807) is 12.1 Å². The number of benzene rings is 3. The second-order valence-electron chi connectivity index (χ2n) is 10.3. The van der Waals surface area contributed by atoms with E-state index in [1.165, 1.54) is 29.5 Å². The average Bonchev–Trinajstić information content (AvgIpc) is 2.92. The van der Waals surface area contributed by atoms with Gasteiger partial charge in [-0.25, -0.2) is 23.1 Å². The van der Waals surface area contributed by atoms with Crippen LogP contribution in [0.2, 0.25) is 0 Å². The molecule has 0 atom stereocenters. The van der Waals surface area contributed by atoms with E-state index in [9.17, 15) is 13.2 Å². The van der Waals surface area contributed by atoms with Gasteiger partial charge in [0.25, 0.3) is 15.9 Å². The van der Waals surface area contributed by atoms with Gasteiger partial charge >= 0.3 is 0 Å². The molecular formula is C31H32N4O3S. The number of amides is 1. The van der Waals surface area contributed by atoms with Gasteiger partial charge in [-0.2, -0.15) is 0 Å². The zero-order chi connectivity index (χ0) is 27.6. The van der Waals surface area contributed by atoms with Gasteiger partial charge in [-0.15, -0.1) is 0 Å². The number of aromatic nitrogens is 2. The van der Waals surface area contributed by atoms with E-state index < -0.39 is 15.9 Å². The highest BCUT2D eigenvalue weighted by Crippen LogP contribution is 2.24. The lowest BCUT2D eigenvalue weighted by Crippen LogP contribution is -2.34. The predicted octanol–water partition coefficient (Wildman–Crippen LogP) is 5.18. The third-order valence-corrected chi connectivity index (χ3v) is 8.40. The fraction of sp³-hybridized carbons (Fsp3) is 0.258. The van der Waals surface area contributed by atoms with Gasteiger partial charge in [0.15, 0.2) is 0 Å². The predicted molar refractivity (Wildman–Crippen MR) is 152 cm³/mol. The van der Waals surface area contributed by atoms with Crippen LogP contribution in [0.4, 0.5) is 5.95 Å². The summed E-state index contributed by atoms with van der Waals surface area (Å²) in [6, 6.07) is 22.9. The molecule has 4 aromatic rings. The number of carbonyl (C=O) groups excluding carboxylic acids is 1. The van der Waals surface area contributed by atoms with Crippen LogP contribution in [0.1, 0.15) is 63.6 Å². The summed E-state index contributed by atoms with van der Waals surface area (Å²) in [6.07, 6.45) is 2.69. The van der Waals surface area contributed by atoms with E-state index in [0.29, 0.717) is 24.6 Å². The molecule has 0 bridgehead atoms. The molecule has 1 aliphatic heterocycles. The van der Waals surface area contributed by atoms with E-state index in [4.69, 9.17) is 4.98 Å². The van der Waals surface area contributed by atoms with Crippen molar-refractivity contribution in [2.75, 3.05) is 11.4 Å². The van der Waals surface area contributed by atoms with Crippen LogP contribution in [0.15, 0.2) is 83.9 Å². The molecule has 0 saturated carbocycles. The Kier molecular flexibility index (Phi) is 7.48. The molecule has 7 nitrogen and oxygen atoms in total. The summed E-state index contributed by atoms with van der Waals surface area (Å²) in [5, 5.41) is 0. The molecule has 0 spiro atoms. The van der Waals surface area contributed by atoms with Gasteiger partial charge in [0.1, 0.15) is 0 Å². The van der Waals surface area contributed by atoms with Gasteiger partial charge in [-0.3, -0.25) is 4.79 Å². The minimum absolute atomic E-state index is 0.0324. The smallest absolute Gasteiger partial charge is 0.268 e. The first-order valence-electron chi connectivity index (χ1n) is 13.1.